The highest BCUT2D eigenvalue weighted by molar-refractivity contribution is 8.00. The van der Waals surface area contributed by atoms with Gasteiger partial charge in [0.2, 0.25) is 0 Å². The normalized spacial score (nSPS) is 16.7. The zero-order chi connectivity index (χ0) is 23.7. The first kappa shape index (κ1) is 22.7. The molecule has 1 saturated heterocycles. The maximum absolute atomic E-state index is 13.5. The van der Waals surface area contributed by atoms with E-state index in [1.165, 1.54) is 11.8 Å². The van der Waals surface area contributed by atoms with E-state index in [2.05, 4.69) is 19.7 Å². The van der Waals surface area contributed by atoms with Crippen LogP contribution in [0.4, 0.5) is 0 Å². The van der Waals surface area contributed by atoms with E-state index in [-0.39, 0.29) is 17.1 Å². The number of H-pyrrole nitrogens is 1. The number of benzene rings is 2. The van der Waals surface area contributed by atoms with Gasteiger partial charge in [-0.05, 0) is 57.0 Å². The van der Waals surface area contributed by atoms with E-state index in [0.717, 1.165) is 63.9 Å². The lowest BCUT2D eigenvalue weighted by Gasteiger charge is -2.16. The van der Waals surface area contributed by atoms with Gasteiger partial charge < -0.3 is 14.5 Å². The number of hydrogen-bond acceptors (Lipinski definition) is 6. The molecule has 0 amide bonds. The number of ether oxygens (including phenoxy) is 2. The third-order valence-electron chi connectivity index (χ3n) is 6.27. The van der Waals surface area contributed by atoms with Crippen molar-refractivity contribution in [3.05, 3.63) is 59.8 Å². The molecule has 1 aliphatic rings. The van der Waals surface area contributed by atoms with Crippen molar-refractivity contribution in [2.45, 2.75) is 49.7 Å². The third kappa shape index (κ3) is 4.35. The molecule has 0 unspecified atom stereocenters. The van der Waals surface area contributed by atoms with Gasteiger partial charge in [0.05, 0.1) is 25.0 Å². The van der Waals surface area contributed by atoms with E-state index < -0.39 is 0 Å². The van der Waals surface area contributed by atoms with E-state index in [1.807, 2.05) is 62.4 Å². The topological polar surface area (TPSA) is 82.0 Å². The molecule has 1 N–H and O–H groups in total. The number of methoxy groups -OCH3 is 1. The second kappa shape index (κ2) is 9.64. The summed E-state index contributed by atoms with van der Waals surface area (Å²) in [5.74, 6) is 1.64. The smallest absolute Gasteiger partial charge is 0.192 e. The molecule has 0 aliphatic carbocycles. The Balaban J connectivity index is 1.45. The minimum Gasteiger partial charge on any atom is -0.497 e. The Morgan fingerprint density at radius 1 is 1.24 bits per heavy atom. The number of nitrogens with one attached hydrogen (secondary N) is 1. The molecule has 1 aliphatic heterocycles. The van der Waals surface area contributed by atoms with Crippen LogP contribution in [0.15, 0.2) is 53.7 Å². The molecule has 2 atom stereocenters. The van der Waals surface area contributed by atoms with Gasteiger partial charge in [-0.3, -0.25) is 9.36 Å². The minimum atomic E-state index is -0.325. The number of ketones is 1. The number of aromatic amines is 1. The van der Waals surface area contributed by atoms with Gasteiger partial charge in [0, 0.05) is 34.3 Å². The molecule has 3 heterocycles. The van der Waals surface area contributed by atoms with E-state index in [0.29, 0.717) is 6.54 Å². The van der Waals surface area contributed by atoms with Crippen LogP contribution in [-0.4, -0.2) is 50.6 Å². The average molecular weight is 477 g/mol. The zero-order valence-corrected chi connectivity index (χ0v) is 20.4. The largest absolute Gasteiger partial charge is 0.497 e. The van der Waals surface area contributed by atoms with Crippen LogP contribution in [-0.2, 0) is 11.3 Å². The van der Waals surface area contributed by atoms with Crippen LogP contribution in [0.5, 0.6) is 5.75 Å². The Bertz CT molecular complexity index is 1310. The van der Waals surface area contributed by atoms with Gasteiger partial charge >= 0.3 is 0 Å². The van der Waals surface area contributed by atoms with Crippen molar-refractivity contribution < 1.29 is 14.3 Å². The molecule has 2 aromatic carbocycles. The summed E-state index contributed by atoms with van der Waals surface area (Å²) in [5, 5.41) is 10.4. The van der Waals surface area contributed by atoms with Crippen LogP contribution in [0.25, 0.3) is 22.3 Å². The number of hydrogen-bond donors (Lipinski definition) is 1. The lowest BCUT2D eigenvalue weighted by atomic mass is 10.1. The number of rotatable bonds is 8. The Morgan fingerprint density at radius 2 is 2.03 bits per heavy atom. The zero-order valence-electron chi connectivity index (χ0n) is 19.6. The highest BCUT2D eigenvalue weighted by Gasteiger charge is 2.27. The number of carbonyl (C=O) groups excluding carboxylic acids is 1. The molecule has 176 valence electrons. The van der Waals surface area contributed by atoms with Gasteiger partial charge in [-0.2, -0.15) is 0 Å². The molecular weight excluding hydrogens is 448 g/mol. The number of nitrogens with zero attached hydrogens (tertiary/aromatic N) is 3. The molecule has 0 spiro atoms. The predicted octanol–water partition coefficient (Wildman–Crippen LogP) is 5.29. The van der Waals surface area contributed by atoms with Crippen molar-refractivity contribution in [2.24, 2.45) is 0 Å². The third-order valence-corrected chi connectivity index (χ3v) is 7.35. The summed E-state index contributed by atoms with van der Waals surface area (Å²) in [6.45, 7) is 5.32. The van der Waals surface area contributed by atoms with Crippen LogP contribution in [0.3, 0.4) is 0 Å². The van der Waals surface area contributed by atoms with Gasteiger partial charge in [-0.25, -0.2) is 0 Å². The summed E-state index contributed by atoms with van der Waals surface area (Å²) in [6, 6.07) is 15.7. The first-order valence-electron chi connectivity index (χ1n) is 11.5. The number of aryl methyl sites for hydroxylation is 1. The molecule has 1 fully saturated rings. The van der Waals surface area contributed by atoms with Gasteiger partial charge in [-0.1, -0.05) is 30.0 Å². The molecule has 5 rings (SSSR count). The highest BCUT2D eigenvalue weighted by Crippen LogP contribution is 2.32. The molecule has 0 bridgehead atoms. The highest BCUT2D eigenvalue weighted by atomic mass is 32.2. The summed E-state index contributed by atoms with van der Waals surface area (Å²) in [7, 11) is 1.65. The van der Waals surface area contributed by atoms with E-state index >= 15 is 0 Å². The number of para-hydroxylation sites is 1. The quantitative estimate of drug-likeness (QED) is 0.275. The van der Waals surface area contributed by atoms with Gasteiger partial charge in [-0.15, -0.1) is 10.2 Å². The van der Waals surface area contributed by atoms with E-state index in [1.54, 1.807) is 7.11 Å². The Kier molecular flexibility index (Phi) is 6.43. The van der Waals surface area contributed by atoms with Crippen molar-refractivity contribution >= 4 is 28.4 Å². The minimum absolute atomic E-state index is 0.0811. The maximum Gasteiger partial charge on any atom is 0.192 e. The SMILES string of the molecule is COc1ccc(-c2nnc(S[C@H](C)C(=O)c3c(C)[nH]c4ccccc34)n2C[C@H]2CCCO2)cc1. The van der Waals surface area contributed by atoms with E-state index in [4.69, 9.17) is 9.47 Å². The fraction of sp³-hybridized carbons (Fsp3) is 0.346. The number of carbonyl (C=O) groups is 1. The summed E-state index contributed by atoms with van der Waals surface area (Å²) >= 11 is 1.45. The lowest BCUT2D eigenvalue weighted by molar-refractivity contribution is 0.0953. The molecule has 0 radical (unpaired) electrons. The number of aromatic nitrogens is 4. The van der Waals surface area contributed by atoms with Crippen LogP contribution >= 0.6 is 11.8 Å². The van der Waals surface area contributed by atoms with E-state index in [9.17, 15) is 4.79 Å². The Morgan fingerprint density at radius 3 is 2.76 bits per heavy atom. The van der Waals surface area contributed by atoms with Crippen molar-refractivity contribution in [1.29, 1.82) is 0 Å². The lowest BCUT2D eigenvalue weighted by Crippen LogP contribution is -2.19. The number of fused-ring (bicyclic) bond motifs is 1. The molecule has 34 heavy (non-hydrogen) atoms. The van der Waals surface area contributed by atoms with Crippen molar-refractivity contribution in [3.63, 3.8) is 0 Å². The fourth-order valence-corrected chi connectivity index (χ4v) is 5.41. The Labute approximate surface area is 202 Å². The number of Topliss-reactive ketones (excluding diaryl/α,β-unsaturated/α-hetero) is 1. The fourth-order valence-electron chi connectivity index (χ4n) is 4.50. The summed E-state index contributed by atoms with van der Waals surface area (Å²) in [4.78, 5) is 16.8. The van der Waals surface area contributed by atoms with Crippen molar-refractivity contribution in [2.75, 3.05) is 13.7 Å². The monoisotopic (exact) mass is 476 g/mol. The number of thioether (sulfide) groups is 1. The van der Waals surface area contributed by atoms with Crippen LogP contribution < -0.4 is 4.74 Å². The van der Waals surface area contributed by atoms with Crippen LogP contribution in [0.2, 0.25) is 0 Å². The van der Waals surface area contributed by atoms with Gasteiger partial charge in [0.1, 0.15) is 5.75 Å². The maximum atomic E-state index is 13.5. The van der Waals surface area contributed by atoms with Crippen LogP contribution in [0, 0.1) is 6.92 Å². The average Bonchev–Trinajstić information content (AvgIpc) is 3.58. The molecule has 4 aromatic rings. The standard InChI is InChI=1S/C26H28N4O3S/c1-16-23(21-8-4-5-9-22(21)27-16)24(31)17(2)34-26-29-28-25(18-10-12-19(32-3)13-11-18)30(26)15-20-7-6-14-33-20/h4-5,8-13,17,20,27H,6-7,14-15H2,1-3H3/t17-,20-/m1/s1. The second-order valence-corrected chi connectivity index (χ2v) is 9.88. The molecule has 2 aromatic heterocycles. The van der Waals surface area contributed by atoms with Gasteiger partial charge in [0.25, 0.3) is 0 Å². The molecule has 8 heteroatoms. The van der Waals surface area contributed by atoms with Crippen molar-refractivity contribution in [1.82, 2.24) is 19.7 Å². The summed E-state index contributed by atoms with van der Waals surface area (Å²) in [5.41, 5.74) is 3.56. The summed E-state index contributed by atoms with van der Waals surface area (Å²) < 4.78 is 13.3. The first-order chi connectivity index (χ1) is 16.5. The molecular formula is C26H28N4O3S. The summed E-state index contributed by atoms with van der Waals surface area (Å²) in [6.07, 6.45) is 2.18. The second-order valence-electron chi connectivity index (χ2n) is 8.58. The van der Waals surface area contributed by atoms with Crippen LogP contribution in [0.1, 0.15) is 35.8 Å². The molecule has 7 nitrogen and oxygen atoms in total. The Hall–Kier alpha value is -3.10. The van der Waals surface area contributed by atoms with Crippen molar-refractivity contribution in [3.8, 4) is 17.1 Å². The molecule has 0 saturated carbocycles. The predicted molar refractivity (Wildman–Crippen MR) is 134 cm³/mol. The van der Waals surface area contributed by atoms with Gasteiger partial charge in [0.15, 0.2) is 16.8 Å². The first-order valence-corrected chi connectivity index (χ1v) is 12.4.